The predicted octanol–water partition coefficient (Wildman–Crippen LogP) is 2.50. The highest BCUT2D eigenvalue weighted by Crippen LogP contribution is 2.22. The van der Waals surface area contributed by atoms with Crippen molar-refractivity contribution in [1.29, 1.82) is 0 Å². The van der Waals surface area contributed by atoms with Crippen LogP contribution in [0.25, 0.3) is 0 Å². The summed E-state index contributed by atoms with van der Waals surface area (Å²) in [6.45, 7) is 4.13. The van der Waals surface area contributed by atoms with Gasteiger partial charge in [0, 0.05) is 18.9 Å². The van der Waals surface area contributed by atoms with E-state index in [1.165, 1.54) is 11.1 Å². The molecule has 1 aromatic carbocycles. The fourth-order valence-electron chi connectivity index (χ4n) is 1.91. The second-order valence-electron chi connectivity index (χ2n) is 4.51. The minimum absolute atomic E-state index is 0.275. The zero-order valence-electron chi connectivity index (χ0n) is 11.2. The summed E-state index contributed by atoms with van der Waals surface area (Å²) in [7, 11) is 1.92. The average molecular weight is 272 g/mol. The van der Waals surface area contributed by atoms with E-state index in [9.17, 15) is 0 Å². The lowest BCUT2D eigenvalue weighted by Gasteiger charge is -2.18. The van der Waals surface area contributed by atoms with Gasteiger partial charge in [-0.15, -0.1) is 0 Å². The monoisotopic (exact) mass is 272 g/mol. The lowest BCUT2D eigenvalue weighted by molar-refractivity contribution is 1.03. The summed E-state index contributed by atoms with van der Waals surface area (Å²) in [6.07, 6.45) is 1.66. The van der Waals surface area contributed by atoms with E-state index in [2.05, 4.69) is 42.0 Å². The molecule has 0 aliphatic carbocycles. The highest BCUT2D eigenvalue weighted by Gasteiger charge is 2.09. The van der Waals surface area contributed by atoms with Gasteiger partial charge < -0.3 is 10.6 Å². The average Bonchev–Trinajstić information content (AvgIpc) is 2.37. The number of anilines is 2. The first-order valence-corrected chi connectivity index (χ1v) is 6.33. The Hall–Kier alpha value is -2.01. The van der Waals surface area contributed by atoms with E-state index in [0.717, 1.165) is 5.69 Å². The van der Waals surface area contributed by atoms with Crippen LogP contribution in [0.2, 0.25) is 0 Å². The van der Waals surface area contributed by atoms with E-state index < -0.39 is 0 Å². The molecule has 0 spiro atoms. The molecule has 0 unspecified atom stereocenters. The molecule has 0 aliphatic heterocycles. The van der Waals surface area contributed by atoms with Crippen LogP contribution in [0.3, 0.4) is 0 Å². The van der Waals surface area contributed by atoms with E-state index in [4.69, 9.17) is 18.0 Å². The highest BCUT2D eigenvalue weighted by atomic mass is 32.1. The molecular formula is C14H16N4S. The Morgan fingerprint density at radius 2 is 1.84 bits per heavy atom. The molecule has 1 heterocycles. The van der Waals surface area contributed by atoms with Gasteiger partial charge in [-0.05, 0) is 43.2 Å². The third-order valence-corrected chi connectivity index (χ3v) is 3.00. The van der Waals surface area contributed by atoms with Crippen molar-refractivity contribution in [3.63, 3.8) is 0 Å². The van der Waals surface area contributed by atoms with Crippen molar-refractivity contribution in [3.05, 3.63) is 47.3 Å². The van der Waals surface area contributed by atoms with Crippen LogP contribution in [0.15, 0.2) is 30.5 Å². The highest BCUT2D eigenvalue weighted by molar-refractivity contribution is 7.80. The maximum Gasteiger partial charge on any atom is 0.230 e. The first-order chi connectivity index (χ1) is 8.97. The Balaban J connectivity index is 2.40. The Labute approximate surface area is 118 Å². The van der Waals surface area contributed by atoms with Gasteiger partial charge in [0.1, 0.15) is 10.7 Å². The Kier molecular flexibility index (Phi) is 3.76. The molecular weight excluding hydrogens is 256 g/mol. The summed E-state index contributed by atoms with van der Waals surface area (Å²) < 4.78 is 0. The number of benzene rings is 1. The van der Waals surface area contributed by atoms with Crippen LogP contribution < -0.4 is 10.6 Å². The molecule has 0 saturated carbocycles. The Morgan fingerprint density at radius 3 is 2.42 bits per heavy atom. The molecule has 2 rings (SSSR count). The number of rotatable bonds is 3. The predicted molar refractivity (Wildman–Crippen MR) is 81.9 cm³/mol. The molecule has 4 nitrogen and oxygen atoms in total. The van der Waals surface area contributed by atoms with Crippen LogP contribution in [-0.4, -0.2) is 22.0 Å². The lowest BCUT2D eigenvalue weighted by Crippen LogP contribution is -2.17. The van der Waals surface area contributed by atoms with E-state index >= 15 is 0 Å². The quantitative estimate of drug-likeness (QED) is 0.870. The van der Waals surface area contributed by atoms with Gasteiger partial charge >= 0.3 is 0 Å². The summed E-state index contributed by atoms with van der Waals surface area (Å²) in [6, 6.07) is 8.01. The van der Waals surface area contributed by atoms with Crippen LogP contribution in [0.5, 0.6) is 0 Å². The molecule has 0 saturated heterocycles. The molecule has 19 heavy (non-hydrogen) atoms. The van der Waals surface area contributed by atoms with Gasteiger partial charge in [0.05, 0.1) is 0 Å². The molecule has 98 valence electrons. The van der Waals surface area contributed by atoms with Crippen LogP contribution >= 0.6 is 12.2 Å². The second-order valence-corrected chi connectivity index (χ2v) is 4.95. The summed E-state index contributed by atoms with van der Waals surface area (Å²) >= 11 is 4.94. The molecule has 0 atom stereocenters. The van der Waals surface area contributed by atoms with Crippen molar-refractivity contribution in [2.45, 2.75) is 13.8 Å². The normalized spacial score (nSPS) is 10.3. The maximum absolute atomic E-state index is 5.59. The molecule has 2 N–H and O–H groups in total. The van der Waals surface area contributed by atoms with Crippen molar-refractivity contribution in [2.75, 3.05) is 11.9 Å². The standard InChI is InChI=1S/C14H16N4S/c1-9-6-10(2)8-11(7-9)18(3)14-16-5-4-12(17-14)13(15)19/h4-8H,1-3H3,(H2,15,19). The van der Waals surface area contributed by atoms with Crippen LogP contribution in [0, 0.1) is 13.8 Å². The number of nitrogens with zero attached hydrogens (tertiary/aromatic N) is 3. The number of aryl methyl sites for hydroxylation is 2. The Bertz CT molecular complexity index is 604. The smallest absolute Gasteiger partial charge is 0.230 e. The summed E-state index contributed by atoms with van der Waals surface area (Å²) in [4.78, 5) is 10.8. The third kappa shape index (κ3) is 3.06. The van der Waals surface area contributed by atoms with Crippen molar-refractivity contribution < 1.29 is 0 Å². The van der Waals surface area contributed by atoms with Crippen molar-refractivity contribution in [2.24, 2.45) is 5.73 Å². The molecule has 1 aromatic heterocycles. The van der Waals surface area contributed by atoms with E-state index in [1.807, 2.05) is 11.9 Å². The van der Waals surface area contributed by atoms with Crippen LogP contribution in [0.4, 0.5) is 11.6 Å². The first kappa shape index (κ1) is 13.4. The SMILES string of the molecule is Cc1cc(C)cc(N(C)c2nccc(C(N)=S)n2)c1. The van der Waals surface area contributed by atoms with Gasteiger partial charge in [0.2, 0.25) is 5.95 Å². The first-order valence-electron chi connectivity index (χ1n) is 5.92. The third-order valence-electron chi connectivity index (χ3n) is 2.79. The van der Waals surface area contributed by atoms with Crippen molar-refractivity contribution in [1.82, 2.24) is 9.97 Å². The van der Waals surface area contributed by atoms with Crippen molar-refractivity contribution >= 4 is 28.8 Å². The fourth-order valence-corrected chi connectivity index (χ4v) is 2.02. The number of nitrogens with two attached hydrogens (primary N) is 1. The topological polar surface area (TPSA) is 55.0 Å². The van der Waals surface area contributed by atoms with Gasteiger partial charge in [0.15, 0.2) is 0 Å². The van der Waals surface area contributed by atoms with E-state index in [-0.39, 0.29) is 4.99 Å². The fraction of sp³-hybridized carbons (Fsp3) is 0.214. The molecule has 0 fully saturated rings. The summed E-state index contributed by atoms with van der Waals surface area (Å²) in [5.74, 6) is 0.579. The molecule has 2 aromatic rings. The molecule has 0 radical (unpaired) electrons. The summed E-state index contributed by atoms with van der Waals surface area (Å²) in [5, 5.41) is 0. The van der Waals surface area contributed by atoms with E-state index in [1.54, 1.807) is 12.3 Å². The zero-order valence-corrected chi connectivity index (χ0v) is 12.0. The second kappa shape index (κ2) is 5.32. The molecule has 0 amide bonds. The maximum atomic E-state index is 5.59. The van der Waals surface area contributed by atoms with Gasteiger partial charge in [0.25, 0.3) is 0 Å². The Morgan fingerprint density at radius 1 is 1.21 bits per heavy atom. The number of thiocarbonyl (C=S) groups is 1. The minimum Gasteiger partial charge on any atom is -0.388 e. The van der Waals surface area contributed by atoms with E-state index in [0.29, 0.717) is 11.6 Å². The lowest BCUT2D eigenvalue weighted by atomic mass is 10.1. The molecule has 5 heteroatoms. The van der Waals surface area contributed by atoms with Crippen molar-refractivity contribution in [3.8, 4) is 0 Å². The number of hydrogen-bond acceptors (Lipinski definition) is 4. The number of hydrogen-bond donors (Lipinski definition) is 1. The largest absolute Gasteiger partial charge is 0.388 e. The minimum atomic E-state index is 0.275. The summed E-state index contributed by atoms with van der Waals surface area (Å²) in [5.41, 5.74) is 9.61. The van der Waals surface area contributed by atoms with Gasteiger partial charge in [-0.2, -0.15) is 0 Å². The van der Waals surface area contributed by atoms with Gasteiger partial charge in [-0.25, -0.2) is 9.97 Å². The zero-order chi connectivity index (χ0) is 14.0. The molecule has 0 bridgehead atoms. The molecule has 0 aliphatic rings. The van der Waals surface area contributed by atoms with Crippen LogP contribution in [-0.2, 0) is 0 Å². The number of aromatic nitrogens is 2. The van der Waals surface area contributed by atoms with Crippen LogP contribution in [0.1, 0.15) is 16.8 Å². The van der Waals surface area contributed by atoms with Gasteiger partial charge in [-0.3, -0.25) is 0 Å². The van der Waals surface area contributed by atoms with Gasteiger partial charge in [-0.1, -0.05) is 18.3 Å².